The van der Waals surface area contributed by atoms with Crippen LogP contribution < -0.4 is 21.9 Å². The van der Waals surface area contributed by atoms with Crippen molar-refractivity contribution in [1.82, 2.24) is 9.55 Å². The van der Waals surface area contributed by atoms with E-state index >= 15 is 0 Å². The first kappa shape index (κ1) is 14.6. The molecule has 0 aromatic carbocycles. The normalized spacial score (nSPS) is 22.4. The number of anilines is 2. The van der Waals surface area contributed by atoms with Gasteiger partial charge in [-0.15, -0.1) is 0 Å². The Kier molecular flexibility index (Phi) is 4.15. The van der Waals surface area contributed by atoms with Crippen LogP contribution in [0.2, 0.25) is 0 Å². The SMILES string of the molecule is CCCCn1c(N)c(N2CC(O)C(O)C2)c(=O)[nH]c1=O. The van der Waals surface area contributed by atoms with Gasteiger partial charge >= 0.3 is 5.69 Å². The third-order valence-corrected chi connectivity index (χ3v) is 3.52. The summed E-state index contributed by atoms with van der Waals surface area (Å²) in [5.41, 5.74) is 4.94. The summed E-state index contributed by atoms with van der Waals surface area (Å²) in [6, 6.07) is 0. The molecular formula is C12H20N4O4. The fourth-order valence-electron chi connectivity index (χ4n) is 2.37. The number of nitrogens with zero attached hydrogens (tertiary/aromatic N) is 2. The average molecular weight is 284 g/mol. The van der Waals surface area contributed by atoms with Crippen LogP contribution in [0.15, 0.2) is 9.59 Å². The van der Waals surface area contributed by atoms with Gasteiger partial charge < -0.3 is 20.8 Å². The Morgan fingerprint density at radius 1 is 1.30 bits per heavy atom. The highest BCUT2D eigenvalue weighted by molar-refractivity contribution is 5.63. The maximum atomic E-state index is 11.9. The van der Waals surface area contributed by atoms with E-state index in [1.807, 2.05) is 6.92 Å². The lowest BCUT2D eigenvalue weighted by molar-refractivity contribution is 0.0572. The molecule has 0 aliphatic carbocycles. The number of aromatic nitrogens is 2. The van der Waals surface area contributed by atoms with E-state index in [9.17, 15) is 19.8 Å². The van der Waals surface area contributed by atoms with E-state index in [1.54, 1.807) is 0 Å². The third kappa shape index (κ3) is 2.56. The second-order valence-electron chi connectivity index (χ2n) is 5.04. The maximum absolute atomic E-state index is 11.9. The van der Waals surface area contributed by atoms with Crippen molar-refractivity contribution in [3.63, 3.8) is 0 Å². The topological polar surface area (TPSA) is 125 Å². The van der Waals surface area contributed by atoms with Gasteiger partial charge in [0.15, 0.2) is 0 Å². The molecule has 112 valence electrons. The van der Waals surface area contributed by atoms with Gasteiger partial charge in [0.1, 0.15) is 11.5 Å². The Morgan fingerprint density at radius 3 is 2.45 bits per heavy atom. The standard InChI is InChI=1S/C12H20N4O4/c1-2-3-4-16-10(13)9(11(19)14-12(16)20)15-5-7(17)8(18)6-15/h7-8,17-18H,2-6,13H2,1H3,(H,14,19,20). The molecule has 1 aliphatic heterocycles. The second kappa shape index (κ2) is 5.68. The Morgan fingerprint density at radius 2 is 1.90 bits per heavy atom. The molecule has 2 rings (SSSR count). The summed E-state index contributed by atoms with van der Waals surface area (Å²) in [6.07, 6.45) is -0.197. The molecule has 0 amide bonds. The first-order chi connectivity index (χ1) is 9.45. The summed E-state index contributed by atoms with van der Waals surface area (Å²) < 4.78 is 1.32. The van der Waals surface area contributed by atoms with Crippen molar-refractivity contribution >= 4 is 11.5 Å². The van der Waals surface area contributed by atoms with Gasteiger partial charge in [0.05, 0.1) is 12.2 Å². The molecule has 1 saturated heterocycles. The van der Waals surface area contributed by atoms with Crippen LogP contribution in [0, 0.1) is 0 Å². The molecular weight excluding hydrogens is 264 g/mol. The minimum atomic E-state index is -0.926. The molecule has 8 heteroatoms. The highest BCUT2D eigenvalue weighted by atomic mass is 16.3. The number of aromatic amines is 1. The van der Waals surface area contributed by atoms with Crippen LogP contribution in [-0.2, 0) is 6.54 Å². The van der Waals surface area contributed by atoms with Crippen molar-refractivity contribution < 1.29 is 10.2 Å². The van der Waals surface area contributed by atoms with Gasteiger partial charge in [-0.25, -0.2) is 4.79 Å². The van der Waals surface area contributed by atoms with Gasteiger partial charge in [-0.2, -0.15) is 0 Å². The number of aliphatic hydroxyl groups excluding tert-OH is 2. The number of unbranched alkanes of at least 4 members (excludes halogenated alkanes) is 1. The number of nitrogen functional groups attached to an aromatic ring is 1. The quantitative estimate of drug-likeness (QED) is 0.531. The largest absolute Gasteiger partial charge is 0.389 e. The van der Waals surface area contributed by atoms with Crippen LogP contribution >= 0.6 is 0 Å². The molecule has 0 saturated carbocycles. The number of nitrogens with two attached hydrogens (primary N) is 1. The first-order valence-corrected chi connectivity index (χ1v) is 6.69. The van der Waals surface area contributed by atoms with E-state index in [-0.39, 0.29) is 24.6 Å². The monoisotopic (exact) mass is 284 g/mol. The van der Waals surface area contributed by atoms with E-state index in [4.69, 9.17) is 5.73 Å². The van der Waals surface area contributed by atoms with E-state index in [0.717, 1.165) is 12.8 Å². The van der Waals surface area contributed by atoms with Gasteiger partial charge in [0.2, 0.25) is 0 Å². The van der Waals surface area contributed by atoms with Crippen LogP contribution in [0.25, 0.3) is 0 Å². The molecule has 0 radical (unpaired) electrons. The molecule has 20 heavy (non-hydrogen) atoms. The molecule has 1 aliphatic rings. The fraction of sp³-hybridized carbons (Fsp3) is 0.667. The summed E-state index contributed by atoms with van der Waals surface area (Å²) >= 11 is 0. The smallest absolute Gasteiger partial charge is 0.330 e. The average Bonchev–Trinajstić information content (AvgIpc) is 2.68. The summed E-state index contributed by atoms with van der Waals surface area (Å²) in [4.78, 5) is 27.4. The summed E-state index contributed by atoms with van der Waals surface area (Å²) in [7, 11) is 0. The Balaban J connectivity index is 2.43. The number of nitrogens with one attached hydrogen (secondary N) is 1. The molecule has 1 aromatic heterocycles. The fourth-order valence-corrected chi connectivity index (χ4v) is 2.37. The van der Waals surface area contributed by atoms with Gasteiger partial charge in [-0.3, -0.25) is 14.3 Å². The van der Waals surface area contributed by atoms with Crippen molar-refractivity contribution in [3.05, 3.63) is 20.8 Å². The molecule has 1 aromatic rings. The Hall–Kier alpha value is -1.80. The van der Waals surface area contributed by atoms with E-state index < -0.39 is 23.5 Å². The first-order valence-electron chi connectivity index (χ1n) is 6.69. The zero-order valence-electron chi connectivity index (χ0n) is 11.4. The number of rotatable bonds is 4. The third-order valence-electron chi connectivity index (χ3n) is 3.52. The molecule has 2 heterocycles. The molecule has 0 bridgehead atoms. The predicted molar refractivity (Wildman–Crippen MR) is 74.9 cm³/mol. The molecule has 2 unspecified atom stereocenters. The highest BCUT2D eigenvalue weighted by Crippen LogP contribution is 2.22. The van der Waals surface area contributed by atoms with Crippen LogP contribution in [0.1, 0.15) is 19.8 Å². The van der Waals surface area contributed by atoms with E-state index in [1.165, 1.54) is 9.47 Å². The lowest BCUT2D eigenvalue weighted by atomic mass is 10.3. The van der Waals surface area contributed by atoms with Crippen molar-refractivity contribution in [2.45, 2.75) is 38.5 Å². The Labute approximate surface area is 115 Å². The van der Waals surface area contributed by atoms with Crippen molar-refractivity contribution in [1.29, 1.82) is 0 Å². The van der Waals surface area contributed by atoms with Gasteiger partial charge in [0, 0.05) is 19.6 Å². The highest BCUT2D eigenvalue weighted by Gasteiger charge is 2.32. The lowest BCUT2D eigenvalue weighted by Gasteiger charge is -2.20. The molecule has 1 fully saturated rings. The number of aliphatic hydroxyl groups is 2. The number of β-amino-alcohol motifs (C(OH)–C–C–N with tert-alkyl or cyclic N) is 2. The van der Waals surface area contributed by atoms with Gasteiger partial charge in [-0.05, 0) is 6.42 Å². The number of hydrogen-bond donors (Lipinski definition) is 4. The van der Waals surface area contributed by atoms with Crippen LogP contribution in [0.5, 0.6) is 0 Å². The van der Waals surface area contributed by atoms with Crippen LogP contribution in [-0.4, -0.2) is 45.1 Å². The second-order valence-corrected chi connectivity index (χ2v) is 5.04. The van der Waals surface area contributed by atoms with Crippen molar-refractivity contribution in [3.8, 4) is 0 Å². The zero-order valence-corrected chi connectivity index (χ0v) is 11.4. The predicted octanol–water partition coefficient (Wildman–Crippen LogP) is -1.54. The van der Waals surface area contributed by atoms with Gasteiger partial charge in [0.25, 0.3) is 5.56 Å². The molecule has 8 nitrogen and oxygen atoms in total. The van der Waals surface area contributed by atoms with Crippen LogP contribution in [0.3, 0.4) is 0 Å². The van der Waals surface area contributed by atoms with Crippen LogP contribution in [0.4, 0.5) is 11.5 Å². The van der Waals surface area contributed by atoms with Gasteiger partial charge in [-0.1, -0.05) is 13.3 Å². The number of H-pyrrole nitrogens is 1. The van der Waals surface area contributed by atoms with E-state index in [0.29, 0.717) is 6.54 Å². The van der Waals surface area contributed by atoms with Crippen molar-refractivity contribution in [2.75, 3.05) is 23.7 Å². The lowest BCUT2D eigenvalue weighted by Crippen LogP contribution is -2.38. The summed E-state index contributed by atoms with van der Waals surface area (Å²) in [5, 5.41) is 19.1. The molecule has 2 atom stereocenters. The Bertz CT molecular complexity index is 584. The summed E-state index contributed by atoms with van der Waals surface area (Å²) in [5.74, 6) is 0.0773. The summed E-state index contributed by atoms with van der Waals surface area (Å²) in [6.45, 7) is 2.63. The zero-order chi connectivity index (χ0) is 14.9. The molecule has 0 spiro atoms. The molecule has 5 N–H and O–H groups in total. The number of hydrogen-bond acceptors (Lipinski definition) is 6. The minimum absolute atomic E-state index is 0.0773. The van der Waals surface area contributed by atoms with E-state index in [2.05, 4.69) is 4.98 Å². The van der Waals surface area contributed by atoms with Crippen molar-refractivity contribution in [2.24, 2.45) is 0 Å². The maximum Gasteiger partial charge on any atom is 0.330 e. The minimum Gasteiger partial charge on any atom is -0.389 e.